The highest BCUT2D eigenvalue weighted by Crippen LogP contribution is 2.15. The third-order valence-corrected chi connectivity index (χ3v) is 2.42. The lowest BCUT2D eigenvalue weighted by Crippen LogP contribution is -2.42. The van der Waals surface area contributed by atoms with Crippen molar-refractivity contribution in [3.8, 4) is 0 Å². The molecule has 1 aliphatic heterocycles. The van der Waals surface area contributed by atoms with E-state index in [1.165, 1.54) is 0 Å². The molecule has 4 heteroatoms. The van der Waals surface area contributed by atoms with Crippen molar-refractivity contribution in [2.45, 2.75) is 31.6 Å². The first-order chi connectivity index (χ1) is 5.70. The number of nitrogens with one attached hydrogen (secondary N) is 1. The highest BCUT2D eigenvalue weighted by Gasteiger charge is 2.21. The summed E-state index contributed by atoms with van der Waals surface area (Å²) >= 11 is 0. The van der Waals surface area contributed by atoms with Crippen molar-refractivity contribution in [2.75, 3.05) is 13.1 Å². The monoisotopic (exact) mass is 174 g/mol. The second kappa shape index (κ2) is 4.77. The summed E-state index contributed by atoms with van der Waals surface area (Å²) in [6, 6.07) is -0.0854. The Hall–Kier alpha value is -0.160. The predicted octanol–water partition coefficient (Wildman–Crippen LogP) is -0.986. The summed E-state index contributed by atoms with van der Waals surface area (Å²) in [5, 5.41) is 20.7. The lowest BCUT2D eigenvalue weighted by Gasteiger charge is -2.28. The fraction of sp³-hybridized carbons (Fsp3) is 1.00. The van der Waals surface area contributed by atoms with Crippen molar-refractivity contribution >= 4 is 0 Å². The highest BCUT2D eigenvalue weighted by atomic mass is 16.5. The molecular weight excluding hydrogens is 156 g/mol. The van der Waals surface area contributed by atoms with Gasteiger partial charge in [-0.15, -0.1) is 0 Å². The van der Waals surface area contributed by atoms with E-state index in [2.05, 4.69) is 5.32 Å². The fourth-order valence-electron chi connectivity index (χ4n) is 1.68. The van der Waals surface area contributed by atoms with E-state index >= 15 is 0 Å². The molecule has 0 bridgehead atoms. The lowest BCUT2D eigenvalue weighted by atomic mass is 9.90. The van der Waals surface area contributed by atoms with Gasteiger partial charge in [-0.3, -0.25) is 0 Å². The molecule has 0 aromatic carbocycles. The number of hydrogen-bond donors (Lipinski definition) is 4. The van der Waals surface area contributed by atoms with Crippen molar-refractivity contribution in [1.29, 1.82) is 0 Å². The van der Waals surface area contributed by atoms with Crippen molar-refractivity contribution in [3.05, 3.63) is 0 Å². The van der Waals surface area contributed by atoms with Crippen molar-refractivity contribution in [3.63, 3.8) is 0 Å². The van der Waals surface area contributed by atoms with E-state index in [4.69, 9.17) is 15.9 Å². The lowest BCUT2D eigenvalue weighted by molar-refractivity contribution is -0.0531. The summed E-state index contributed by atoms with van der Waals surface area (Å²) in [6.45, 7) is 1.97. The van der Waals surface area contributed by atoms with E-state index in [0.29, 0.717) is 5.92 Å². The van der Waals surface area contributed by atoms with Gasteiger partial charge in [-0.2, -0.15) is 0 Å². The van der Waals surface area contributed by atoms with Crippen LogP contribution in [0.4, 0.5) is 0 Å². The summed E-state index contributed by atoms with van der Waals surface area (Å²) in [5.74, 6) is 0.403. The summed E-state index contributed by atoms with van der Waals surface area (Å²) in [4.78, 5) is 0. The first kappa shape index (κ1) is 9.92. The maximum atomic E-state index is 8.71. The van der Waals surface area contributed by atoms with E-state index < -0.39 is 6.29 Å². The van der Waals surface area contributed by atoms with Gasteiger partial charge in [0.1, 0.15) is 0 Å². The minimum Gasteiger partial charge on any atom is -0.368 e. The average molecular weight is 174 g/mol. The van der Waals surface area contributed by atoms with Gasteiger partial charge < -0.3 is 21.3 Å². The minimum absolute atomic E-state index is 0.0854. The van der Waals surface area contributed by atoms with Crippen LogP contribution in [0.3, 0.4) is 0 Å². The Kier molecular flexibility index (Phi) is 3.94. The average Bonchev–Trinajstić information content (AvgIpc) is 2.05. The van der Waals surface area contributed by atoms with E-state index in [0.717, 1.165) is 25.9 Å². The molecular formula is C8H18N2O2. The molecule has 0 amide bonds. The van der Waals surface area contributed by atoms with E-state index in [9.17, 15) is 0 Å². The summed E-state index contributed by atoms with van der Waals surface area (Å²) in [6.07, 6.45) is 1.26. The fourth-order valence-corrected chi connectivity index (χ4v) is 1.68. The topological polar surface area (TPSA) is 78.5 Å². The third kappa shape index (κ3) is 3.06. The van der Waals surface area contributed by atoms with Crippen LogP contribution in [0.2, 0.25) is 0 Å². The van der Waals surface area contributed by atoms with Gasteiger partial charge in [-0.05, 0) is 31.8 Å². The molecule has 1 aliphatic rings. The van der Waals surface area contributed by atoms with Crippen LogP contribution in [0, 0.1) is 5.92 Å². The SMILES string of the molecule is NC(CC(O)O)C1CCCNC1. The van der Waals surface area contributed by atoms with Gasteiger partial charge in [0.25, 0.3) is 0 Å². The molecule has 1 fully saturated rings. The Bertz CT molecular complexity index is 124. The number of rotatable bonds is 3. The van der Waals surface area contributed by atoms with Crippen molar-refractivity contribution in [1.82, 2.24) is 5.32 Å². The van der Waals surface area contributed by atoms with Gasteiger partial charge >= 0.3 is 0 Å². The second-order valence-corrected chi connectivity index (χ2v) is 3.49. The molecule has 4 nitrogen and oxygen atoms in total. The smallest absolute Gasteiger partial charge is 0.152 e. The van der Waals surface area contributed by atoms with Crippen LogP contribution in [-0.2, 0) is 0 Å². The number of hydrogen-bond acceptors (Lipinski definition) is 4. The third-order valence-electron chi connectivity index (χ3n) is 2.42. The normalized spacial score (nSPS) is 27.5. The molecule has 0 aliphatic carbocycles. The second-order valence-electron chi connectivity index (χ2n) is 3.49. The molecule has 2 unspecified atom stereocenters. The molecule has 1 rings (SSSR count). The standard InChI is InChI=1S/C8H18N2O2/c9-7(4-8(11)12)6-2-1-3-10-5-6/h6-8,10-12H,1-5,9H2. The molecule has 2 atom stereocenters. The van der Waals surface area contributed by atoms with E-state index in [1.54, 1.807) is 0 Å². The largest absolute Gasteiger partial charge is 0.368 e. The zero-order chi connectivity index (χ0) is 8.97. The van der Waals surface area contributed by atoms with Crippen molar-refractivity contribution < 1.29 is 10.2 Å². The first-order valence-electron chi connectivity index (χ1n) is 4.52. The van der Waals surface area contributed by atoms with Crippen molar-refractivity contribution in [2.24, 2.45) is 11.7 Å². The highest BCUT2D eigenvalue weighted by molar-refractivity contribution is 4.78. The van der Waals surface area contributed by atoms with Gasteiger partial charge in [0.15, 0.2) is 6.29 Å². The Morgan fingerprint density at radius 1 is 1.50 bits per heavy atom. The number of piperidine rings is 1. The molecule has 0 aromatic rings. The number of aliphatic hydroxyl groups excluding tert-OH is 1. The van der Waals surface area contributed by atoms with Gasteiger partial charge in [-0.1, -0.05) is 0 Å². The van der Waals surface area contributed by atoms with Gasteiger partial charge in [0.05, 0.1) is 0 Å². The maximum Gasteiger partial charge on any atom is 0.152 e. The van der Waals surface area contributed by atoms with Crippen LogP contribution in [0.1, 0.15) is 19.3 Å². The predicted molar refractivity (Wildman–Crippen MR) is 46.4 cm³/mol. The van der Waals surface area contributed by atoms with Crippen LogP contribution in [0.15, 0.2) is 0 Å². The molecule has 0 saturated carbocycles. The Labute approximate surface area is 72.8 Å². The summed E-state index contributed by atoms with van der Waals surface area (Å²) in [5.41, 5.74) is 5.79. The van der Waals surface area contributed by atoms with Crippen LogP contribution in [0.5, 0.6) is 0 Å². The van der Waals surface area contributed by atoms with E-state index in [1.807, 2.05) is 0 Å². The molecule has 5 N–H and O–H groups in total. The van der Waals surface area contributed by atoms with Gasteiger partial charge in [0.2, 0.25) is 0 Å². The number of nitrogens with two attached hydrogens (primary N) is 1. The Morgan fingerprint density at radius 3 is 2.75 bits per heavy atom. The molecule has 1 heterocycles. The molecule has 0 spiro atoms. The van der Waals surface area contributed by atoms with Gasteiger partial charge in [-0.25, -0.2) is 0 Å². The number of aliphatic hydroxyl groups is 2. The van der Waals surface area contributed by atoms with Crippen LogP contribution in [-0.4, -0.2) is 35.6 Å². The zero-order valence-corrected chi connectivity index (χ0v) is 7.24. The van der Waals surface area contributed by atoms with Crippen LogP contribution in [0.25, 0.3) is 0 Å². The molecule has 72 valence electrons. The molecule has 0 aromatic heterocycles. The zero-order valence-electron chi connectivity index (χ0n) is 7.24. The first-order valence-corrected chi connectivity index (χ1v) is 4.52. The summed E-state index contributed by atoms with van der Waals surface area (Å²) in [7, 11) is 0. The maximum absolute atomic E-state index is 8.71. The quantitative estimate of drug-likeness (QED) is 0.414. The van der Waals surface area contributed by atoms with Gasteiger partial charge in [0, 0.05) is 12.5 Å². The molecule has 0 radical (unpaired) electrons. The Balaban J connectivity index is 2.24. The van der Waals surface area contributed by atoms with Crippen LogP contribution < -0.4 is 11.1 Å². The molecule has 1 saturated heterocycles. The summed E-state index contributed by atoms with van der Waals surface area (Å²) < 4.78 is 0. The van der Waals surface area contributed by atoms with E-state index in [-0.39, 0.29) is 12.5 Å². The van der Waals surface area contributed by atoms with Crippen LogP contribution >= 0.6 is 0 Å². The molecule has 12 heavy (non-hydrogen) atoms. The Morgan fingerprint density at radius 2 is 2.25 bits per heavy atom. The minimum atomic E-state index is -1.26.